The Kier molecular flexibility index (Phi) is 6.49. The zero-order valence-electron chi connectivity index (χ0n) is 17.0. The molecule has 1 amide bonds. The average Bonchev–Trinajstić information content (AvgIpc) is 3.07. The summed E-state index contributed by atoms with van der Waals surface area (Å²) in [6, 6.07) is 15.0. The number of hydrogen-bond donors (Lipinski definition) is 1. The van der Waals surface area contributed by atoms with Crippen molar-refractivity contribution in [2.24, 2.45) is 7.05 Å². The Morgan fingerprint density at radius 2 is 1.72 bits per heavy atom. The Morgan fingerprint density at radius 3 is 2.31 bits per heavy atom. The molecule has 0 bridgehead atoms. The molecule has 0 aliphatic heterocycles. The second-order valence-electron chi connectivity index (χ2n) is 6.87. The second kappa shape index (κ2) is 9.05. The number of benzene rings is 2. The molecule has 0 aliphatic carbocycles. The van der Waals surface area contributed by atoms with Crippen LogP contribution in [0.5, 0.6) is 0 Å². The molecule has 0 radical (unpaired) electrons. The van der Waals surface area contributed by atoms with Gasteiger partial charge in [0.2, 0.25) is 5.91 Å². The van der Waals surface area contributed by atoms with Crippen LogP contribution in [0.1, 0.15) is 36.2 Å². The van der Waals surface area contributed by atoms with E-state index in [9.17, 15) is 9.59 Å². The maximum absolute atomic E-state index is 12.7. The lowest BCUT2D eigenvalue weighted by Crippen LogP contribution is -2.25. The van der Waals surface area contributed by atoms with E-state index >= 15 is 0 Å². The summed E-state index contributed by atoms with van der Waals surface area (Å²) in [4.78, 5) is 24.1. The molecule has 0 unspecified atom stereocenters. The lowest BCUT2D eigenvalue weighted by molar-refractivity contribution is -0.115. The third kappa shape index (κ3) is 4.92. The fraction of sp³-hybridized carbons (Fsp3) is 0.273. The van der Waals surface area contributed by atoms with E-state index < -0.39 is 0 Å². The molecule has 7 heteroatoms. The second-order valence-corrected chi connectivity index (χ2v) is 8.04. The maximum atomic E-state index is 12.7. The number of amides is 1. The van der Waals surface area contributed by atoms with Gasteiger partial charge in [-0.25, -0.2) is 0 Å². The molecule has 2 aromatic carbocycles. The van der Waals surface area contributed by atoms with Crippen molar-refractivity contribution in [3.8, 4) is 11.4 Å². The molecule has 29 heavy (non-hydrogen) atoms. The molecule has 150 valence electrons. The lowest BCUT2D eigenvalue weighted by atomic mass is 10.1. The van der Waals surface area contributed by atoms with E-state index in [-0.39, 0.29) is 16.9 Å². The fourth-order valence-electron chi connectivity index (χ4n) is 2.83. The fourth-order valence-corrected chi connectivity index (χ4v) is 3.75. The van der Waals surface area contributed by atoms with Crippen LogP contribution in [0.4, 0.5) is 5.69 Å². The number of carbonyl (C=O) groups excluding carboxylic acids is 2. The first-order valence-electron chi connectivity index (χ1n) is 9.44. The SMILES string of the molecule is CC[C@@H](Sc1nnc(-c2ccc(C)cc2)n1C)C(=O)Nc1ccc(C(C)=O)cc1. The maximum Gasteiger partial charge on any atom is 0.237 e. The average molecular weight is 409 g/mol. The van der Waals surface area contributed by atoms with E-state index in [2.05, 4.69) is 15.5 Å². The Labute approximate surface area is 174 Å². The molecule has 1 N–H and O–H groups in total. The van der Waals surface area contributed by atoms with E-state index in [1.165, 1.54) is 24.2 Å². The van der Waals surface area contributed by atoms with Crippen molar-refractivity contribution in [2.75, 3.05) is 5.32 Å². The minimum Gasteiger partial charge on any atom is -0.325 e. The van der Waals surface area contributed by atoms with Crippen LogP contribution in [-0.4, -0.2) is 31.7 Å². The van der Waals surface area contributed by atoms with Crippen LogP contribution in [0.3, 0.4) is 0 Å². The highest BCUT2D eigenvalue weighted by Crippen LogP contribution is 2.28. The van der Waals surface area contributed by atoms with Gasteiger partial charge in [0.25, 0.3) is 0 Å². The number of Topliss-reactive ketones (excluding diaryl/α,β-unsaturated/α-hetero) is 1. The first kappa shape index (κ1) is 20.8. The van der Waals surface area contributed by atoms with Gasteiger partial charge in [0.1, 0.15) is 0 Å². The van der Waals surface area contributed by atoms with Gasteiger partial charge >= 0.3 is 0 Å². The van der Waals surface area contributed by atoms with Gasteiger partial charge in [-0.15, -0.1) is 10.2 Å². The summed E-state index contributed by atoms with van der Waals surface area (Å²) in [6.45, 7) is 5.52. The van der Waals surface area contributed by atoms with Gasteiger partial charge in [0.05, 0.1) is 5.25 Å². The molecule has 1 atom stereocenters. The van der Waals surface area contributed by atoms with Crippen molar-refractivity contribution < 1.29 is 9.59 Å². The van der Waals surface area contributed by atoms with Crippen molar-refractivity contribution in [1.82, 2.24) is 14.8 Å². The predicted octanol–water partition coefficient (Wildman–Crippen LogP) is 4.50. The zero-order chi connectivity index (χ0) is 21.0. The molecule has 0 fully saturated rings. The molecule has 0 aliphatic rings. The summed E-state index contributed by atoms with van der Waals surface area (Å²) >= 11 is 1.39. The Bertz CT molecular complexity index is 1010. The third-order valence-corrected chi connectivity index (χ3v) is 6.01. The highest BCUT2D eigenvalue weighted by atomic mass is 32.2. The van der Waals surface area contributed by atoms with Gasteiger partial charge < -0.3 is 9.88 Å². The van der Waals surface area contributed by atoms with Crippen molar-refractivity contribution in [3.63, 3.8) is 0 Å². The number of thioether (sulfide) groups is 1. The molecule has 1 heterocycles. The molecular formula is C22H24N4O2S. The number of rotatable bonds is 7. The normalized spacial score (nSPS) is 11.9. The molecule has 1 aromatic heterocycles. The molecular weight excluding hydrogens is 384 g/mol. The number of aromatic nitrogens is 3. The van der Waals surface area contributed by atoms with E-state index in [1.807, 2.05) is 49.7 Å². The summed E-state index contributed by atoms with van der Waals surface area (Å²) in [5.74, 6) is 0.659. The number of anilines is 1. The summed E-state index contributed by atoms with van der Waals surface area (Å²) in [6.07, 6.45) is 0.648. The quantitative estimate of drug-likeness (QED) is 0.460. The minimum absolute atomic E-state index is 0.00321. The summed E-state index contributed by atoms with van der Waals surface area (Å²) < 4.78 is 1.91. The summed E-state index contributed by atoms with van der Waals surface area (Å²) in [7, 11) is 1.91. The number of aryl methyl sites for hydroxylation is 1. The van der Waals surface area contributed by atoms with Crippen molar-refractivity contribution >= 4 is 29.1 Å². The molecule has 0 saturated heterocycles. The smallest absolute Gasteiger partial charge is 0.237 e. The van der Waals surface area contributed by atoms with Crippen LogP contribution in [-0.2, 0) is 11.8 Å². The summed E-state index contributed by atoms with van der Waals surface area (Å²) in [5.41, 5.74) is 3.45. The third-order valence-electron chi connectivity index (χ3n) is 4.61. The Balaban J connectivity index is 1.71. The van der Waals surface area contributed by atoms with E-state index in [0.29, 0.717) is 22.8 Å². The zero-order valence-corrected chi connectivity index (χ0v) is 17.8. The predicted molar refractivity (Wildman–Crippen MR) is 116 cm³/mol. The molecule has 3 aromatic rings. The van der Waals surface area contributed by atoms with Crippen LogP contribution in [0.15, 0.2) is 53.7 Å². The molecule has 0 spiro atoms. The van der Waals surface area contributed by atoms with Crippen LogP contribution in [0, 0.1) is 6.92 Å². The largest absolute Gasteiger partial charge is 0.325 e. The van der Waals surface area contributed by atoms with Gasteiger partial charge in [-0.05, 0) is 44.5 Å². The number of hydrogen-bond acceptors (Lipinski definition) is 5. The van der Waals surface area contributed by atoms with E-state index in [4.69, 9.17) is 0 Å². The monoisotopic (exact) mass is 408 g/mol. The number of nitrogens with one attached hydrogen (secondary N) is 1. The molecule has 6 nitrogen and oxygen atoms in total. The van der Waals surface area contributed by atoms with Gasteiger partial charge in [-0.1, -0.05) is 48.5 Å². The number of ketones is 1. The first-order valence-corrected chi connectivity index (χ1v) is 10.3. The molecule has 3 rings (SSSR count). The topological polar surface area (TPSA) is 76.9 Å². The van der Waals surface area contributed by atoms with Crippen LogP contribution < -0.4 is 5.32 Å². The lowest BCUT2D eigenvalue weighted by Gasteiger charge is -2.14. The first-order chi connectivity index (χ1) is 13.9. The van der Waals surface area contributed by atoms with E-state index in [0.717, 1.165) is 11.4 Å². The van der Waals surface area contributed by atoms with Gasteiger partial charge in [-0.2, -0.15) is 0 Å². The highest BCUT2D eigenvalue weighted by Gasteiger charge is 2.22. The summed E-state index contributed by atoms with van der Waals surface area (Å²) in [5, 5.41) is 11.9. The highest BCUT2D eigenvalue weighted by molar-refractivity contribution is 8.00. The van der Waals surface area contributed by atoms with Crippen LogP contribution in [0.25, 0.3) is 11.4 Å². The minimum atomic E-state index is -0.309. The Morgan fingerprint density at radius 1 is 1.07 bits per heavy atom. The standard InChI is InChI=1S/C22H24N4O2S/c1-5-19(21(28)23-18-12-10-16(11-13-18)15(3)27)29-22-25-24-20(26(22)4)17-8-6-14(2)7-9-17/h6-13,19H,5H2,1-4H3,(H,23,28)/t19-/m1/s1. The van der Waals surface area contributed by atoms with Crippen molar-refractivity contribution in [2.45, 2.75) is 37.6 Å². The van der Waals surface area contributed by atoms with Gasteiger partial charge in [-0.3, -0.25) is 9.59 Å². The van der Waals surface area contributed by atoms with Gasteiger partial charge in [0, 0.05) is 23.9 Å². The molecule has 0 saturated carbocycles. The van der Waals surface area contributed by atoms with Crippen molar-refractivity contribution in [3.05, 3.63) is 59.7 Å². The van der Waals surface area contributed by atoms with Crippen molar-refractivity contribution in [1.29, 1.82) is 0 Å². The number of carbonyl (C=O) groups is 2. The van der Waals surface area contributed by atoms with Gasteiger partial charge in [0.15, 0.2) is 16.8 Å². The van der Waals surface area contributed by atoms with E-state index in [1.54, 1.807) is 24.3 Å². The number of nitrogens with zero attached hydrogens (tertiary/aromatic N) is 3. The van der Waals surface area contributed by atoms with Crippen LogP contribution >= 0.6 is 11.8 Å². The Hall–Kier alpha value is -2.93. The van der Waals surface area contributed by atoms with Crippen LogP contribution in [0.2, 0.25) is 0 Å².